The maximum absolute atomic E-state index is 9.32. The highest BCUT2D eigenvalue weighted by molar-refractivity contribution is 5.50. The lowest BCUT2D eigenvalue weighted by atomic mass is 10.2. The lowest BCUT2D eigenvalue weighted by molar-refractivity contribution is 0.275. The molecule has 1 rings (SSSR count). The highest BCUT2D eigenvalue weighted by Gasteiger charge is 2.00. The zero-order valence-corrected chi connectivity index (χ0v) is 8.61. The molecule has 15 heavy (non-hydrogen) atoms. The Bertz CT molecular complexity index is 302. The number of anilines is 1. The average molecular weight is 211 g/mol. The average Bonchev–Trinajstić information content (AvgIpc) is 2.26. The third-order valence-corrected chi connectivity index (χ3v) is 2.16. The maximum Gasteiger partial charge on any atom is 0.121 e. The maximum atomic E-state index is 9.32. The first-order chi connectivity index (χ1) is 7.27. The largest absolute Gasteiger partial charge is 0.508 e. The number of nitrogens with one attached hydrogen (secondary N) is 1. The summed E-state index contributed by atoms with van der Waals surface area (Å²) in [5.41, 5.74) is 1.39. The van der Waals surface area contributed by atoms with Crippen LogP contribution in [0.3, 0.4) is 0 Å². The normalized spacial score (nSPS) is 10.3. The van der Waals surface area contributed by atoms with Gasteiger partial charge < -0.3 is 20.6 Å². The molecule has 0 spiro atoms. The second kappa shape index (κ2) is 6.27. The van der Waals surface area contributed by atoms with E-state index in [1.54, 1.807) is 18.2 Å². The van der Waals surface area contributed by atoms with Gasteiger partial charge in [0.25, 0.3) is 0 Å². The van der Waals surface area contributed by atoms with Crippen molar-refractivity contribution in [1.82, 2.24) is 0 Å². The van der Waals surface area contributed by atoms with Gasteiger partial charge in [0.2, 0.25) is 0 Å². The van der Waals surface area contributed by atoms with E-state index in [9.17, 15) is 5.11 Å². The molecule has 0 heterocycles. The number of hydrogen-bond acceptors (Lipinski definition) is 4. The van der Waals surface area contributed by atoms with E-state index in [1.807, 2.05) is 0 Å². The Morgan fingerprint density at radius 3 is 2.60 bits per heavy atom. The molecule has 0 radical (unpaired) electrons. The minimum Gasteiger partial charge on any atom is -0.508 e. The van der Waals surface area contributed by atoms with E-state index >= 15 is 0 Å². The van der Waals surface area contributed by atoms with Gasteiger partial charge in [0.15, 0.2) is 0 Å². The Labute approximate surface area is 89.2 Å². The van der Waals surface area contributed by atoms with Crippen LogP contribution in [0.1, 0.15) is 18.4 Å². The van der Waals surface area contributed by atoms with Gasteiger partial charge in [-0.25, -0.2) is 0 Å². The number of benzene rings is 1. The standard InChI is InChI=1S/C11H17NO3/c13-6-2-1-5-12-10-3-4-11(15)9(7-10)8-14/h3-4,7,12-15H,1-2,5-6,8H2. The van der Waals surface area contributed by atoms with E-state index in [4.69, 9.17) is 10.2 Å². The number of hydrogen-bond donors (Lipinski definition) is 4. The molecule has 84 valence electrons. The van der Waals surface area contributed by atoms with Gasteiger partial charge in [0.05, 0.1) is 6.61 Å². The predicted molar refractivity (Wildman–Crippen MR) is 58.8 cm³/mol. The Balaban J connectivity index is 2.47. The van der Waals surface area contributed by atoms with Crippen molar-refractivity contribution < 1.29 is 15.3 Å². The molecule has 1 aromatic rings. The molecular weight excluding hydrogens is 194 g/mol. The summed E-state index contributed by atoms with van der Waals surface area (Å²) in [6.45, 7) is 0.813. The van der Waals surface area contributed by atoms with Crippen LogP contribution in [0.15, 0.2) is 18.2 Å². The van der Waals surface area contributed by atoms with Crippen molar-refractivity contribution in [3.8, 4) is 5.75 Å². The van der Waals surface area contributed by atoms with Gasteiger partial charge in [0.1, 0.15) is 5.75 Å². The van der Waals surface area contributed by atoms with Crippen LogP contribution in [-0.2, 0) is 6.61 Å². The molecule has 0 atom stereocenters. The molecule has 0 aliphatic carbocycles. The Kier molecular flexibility index (Phi) is 4.93. The second-order valence-electron chi connectivity index (χ2n) is 3.36. The molecule has 1 aromatic carbocycles. The first-order valence-corrected chi connectivity index (χ1v) is 5.05. The first-order valence-electron chi connectivity index (χ1n) is 5.05. The zero-order chi connectivity index (χ0) is 11.1. The third-order valence-electron chi connectivity index (χ3n) is 2.16. The Morgan fingerprint density at radius 2 is 1.93 bits per heavy atom. The molecule has 0 aromatic heterocycles. The van der Waals surface area contributed by atoms with Crippen LogP contribution >= 0.6 is 0 Å². The van der Waals surface area contributed by atoms with Crippen LogP contribution in [0.25, 0.3) is 0 Å². The van der Waals surface area contributed by atoms with Crippen molar-refractivity contribution in [2.75, 3.05) is 18.5 Å². The van der Waals surface area contributed by atoms with Gasteiger partial charge in [-0.2, -0.15) is 0 Å². The third kappa shape index (κ3) is 3.77. The van der Waals surface area contributed by atoms with Crippen LogP contribution in [0.2, 0.25) is 0 Å². The molecule has 0 unspecified atom stereocenters. The number of unbranched alkanes of at least 4 members (excludes halogenated alkanes) is 1. The zero-order valence-electron chi connectivity index (χ0n) is 8.61. The van der Waals surface area contributed by atoms with Crippen LogP contribution in [0, 0.1) is 0 Å². The molecule has 0 bridgehead atoms. The lowest BCUT2D eigenvalue weighted by Crippen LogP contribution is -2.02. The van der Waals surface area contributed by atoms with E-state index in [2.05, 4.69) is 5.32 Å². The molecule has 4 nitrogen and oxygen atoms in total. The van der Waals surface area contributed by atoms with E-state index in [0.29, 0.717) is 5.56 Å². The molecule has 0 amide bonds. The van der Waals surface area contributed by atoms with Gasteiger partial charge in [0, 0.05) is 24.4 Å². The summed E-state index contributed by atoms with van der Waals surface area (Å²) in [6, 6.07) is 5.03. The van der Waals surface area contributed by atoms with Gasteiger partial charge >= 0.3 is 0 Å². The van der Waals surface area contributed by atoms with E-state index in [0.717, 1.165) is 25.1 Å². The highest BCUT2D eigenvalue weighted by Crippen LogP contribution is 2.21. The minimum absolute atomic E-state index is 0.110. The molecular formula is C11H17NO3. The lowest BCUT2D eigenvalue weighted by Gasteiger charge is -2.08. The van der Waals surface area contributed by atoms with Crippen LogP contribution in [0.5, 0.6) is 5.75 Å². The number of aromatic hydroxyl groups is 1. The SMILES string of the molecule is OCCCCNc1ccc(O)c(CO)c1. The minimum atomic E-state index is -0.169. The fraction of sp³-hybridized carbons (Fsp3) is 0.455. The smallest absolute Gasteiger partial charge is 0.121 e. The fourth-order valence-corrected chi connectivity index (χ4v) is 1.29. The topological polar surface area (TPSA) is 72.7 Å². The van der Waals surface area contributed by atoms with E-state index < -0.39 is 0 Å². The number of phenols is 1. The summed E-state index contributed by atoms with van der Waals surface area (Å²) in [4.78, 5) is 0. The van der Waals surface area contributed by atoms with Gasteiger partial charge in [-0.05, 0) is 31.0 Å². The summed E-state index contributed by atoms with van der Waals surface area (Å²) in [7, 11) is 0. The van der Waals surface area contributed by atoms with Gasteiger partial charge in [-0.3, -0.25) is 0 Å². The van der Waals surface area contributed by atoms with E-state index in [1.165, 1.54) is 0 Å². The molecule has 0 aliphatic heterocycles. The number of aliphatic hydroxyl groups excluding tert-OH is 2. The van der Waals surface area contributed by atoms with Crippen molar-refractivity contribution in [2.45, 2.75) is 19.4 Å². The summed E-state index contributed by atoms with van der Waals surface area (Å²) >= 11 is 0. The van der Waals surface area contributed by atoms with Crippen LogP contribution in [0.4, 0.5) is 5.69 Å². The van der Waals surface area contributed by atoms with E-state index in [-0.39, 0.29) is 19.0 Å². The number of aliphatic hydroxyl groups is 2. The molecule has 0 fully saturated rings. The molecule has 0 saturated heterocycles. The molecule has 4 N–H and O–H groups in total. The van der Waals surface area contributed by atoms with Crippen molar-refractivity contribution in [3.63, 3.8) is 0 Å². The van der Waals surface area contributed by atoms with Crippen LogP contribution in [-0.4, -0.2) is 28.5 Å². The van der Waals surface area contributed by atoms with Crippen molar-refractivity contribution in [2.24, 2.45) is 0 Å². The van der Waals surface area contributed by atoms with Gasteiger partial charge in [-0.1, -0.05) is 0 Å². The van der Waals surface area contributed by atoms with Crippen LogP contribution < -0.4 is 5.32 Å². The second-order valence-corrected chi connectivity index (χ2v) is 3.36. The molecule has 4 heteroatoms. The monoisotopic (exact) mass is 211 g/mol. The fourth-order valence-electron chi connectivity index (χ4n) is 1.29. The molecule has 0 saturated carbocycles. The summed E-state index contributed by atoms with van der Waals surface area (Å²) in [6.07, 6.45) is 1.67. The summed E-state index contributed by atoms with van der Waals surface area (Å²) in [5.74, 6) is 0.110. The van der Waals surface area contributed by atoms with Crippen molar-refractivity contribution in [1.29, 1.82) is 0 Å². The summed E-state index contributed by atoms with van der Waals surface area (Å²) in [5, 5.41) is 30.0. The Morgan fingerprint density at radius 1 is 1.13 bits per heavy atom. The highest BCUT2D eigenvalue weighted by atomic mass is 16.3. The van der Waals surface area contributed by atoms with Crippen molar-refractivity contribution >= 4 is 5.69 Å². The predicted octanol–water partition coefficient (Wildman–Crippen LogP) is 1.07. The summed E-state index contributed by atoms with van der Waals surface area (Å²) < 4.78 is 0. The quantitative estimate of drug-likeness (QED) is 0.419. The Hall–Kier alpha value is -1.26. The van der Waals surface area contributed by atoms with Gasteiger partial charge in [-0.15, -0.1) is 0 Å². The van der Waals surface area contributed by atoms with Crippen molar-refractivity contribution in [3.05, 3.63) is 23.8 Å². The number of rotatable bonds is 6. The first kappa shape index (κ1) is 11.8. The molecule has 0 aliphatic rings.